The molecule has 0 bridgehead atoms. The van der Waals surface area contributed by atoms with Gasteiger partial charge in [0.2, 0.25) is 11.8 Å². The lowest BCUT2D eigenvalue weighted by Crippen LogP contribution is -2.60. The van der Waals surface area contributed by atoms with Crippen molar-refractivity contribution in [1.82, 2.24) is 19.8 Å². The topological polar surface area (TPSA) is 104 Å². The summed E-state index contributed by atoms with van der Waals surface area (Å²) in [6, 6.07) is 12.6. The van der Waals surface area contributed by atoms with Crippen molar-refractivity contribution >= 4 is 28.6 Å². The Morgan fingerprint density at radius 1 is 1.14 bits per heavy atom. The Kier molecular flexibility index (Phi) is 6.88. The second-order valence-electron chi connectivity index (χ2n) is 9.72. The number of benzene rings is 2. The molecule has 3 aromatic rings. The van der Waals surface area contributed by atoms with Crippen LogP contribution in [0.4, 0.5) is 0 Å². The number of ether oxygens (including phenoxy) is 1. The highest BCUT2D eigenvalue weighted by Crippen LogP contribution is 2.35. The highest BCUT2D eigenvalue weighted by molar-refractivity contribution is 5.95. The largest absolute Gasteiger partial charge is 0.497 e. The maximum atomic E-state index is 13.3. The van der Waals surface area contributed by atoms with Gasteiger partial charge in [0.25, 0.3) is 5.91 Å². The molecule has 1 saturated heterocycles. The van der Waals surface area contributed by atoms with Crippen LogP contribution in [0.5, 0.6) is 5.75 Å². The number of nitrogens with zero attached hydrogens (tertiary/aromatic N) is 3. The Morgan fingerprint density at radius 3 is 2.62 bits per heavy atom. The van der Waals surface area contributed by atoms with Gasteiger partial charge in [0.05, 0.1) is 20.2 Å². The normalized spacial score (nSPS) is 17.8. The quantitative estimate of drug-likeness (QED) is 0.397. The highest BCUT2D eigenvalue weighted by Gasteiger charge is 2.40. The summed E-state index contributed by atoms with van der Waals surface area (Å²) in [6.07, 6.45) is 3.08. The van der Waals surface area contributed by atoms with E-state index >= 15 is 0 Å². The van der Waals surface area contributed by atoms with Gasteiger partial charge in [-0.15, -0.1) is 0 Å². The van der Waals surface area contributed by atoms with Crippen molar-refractivity contribution in [2.75, 3.05) is 20.2 Å². The minimum absolute atomic E-state index is 0.0142. The molecule has 3 heterocycles. The summed E-state index contributed by atoms with van der Waals surface area (Å²) in [5.41, 5.74) is 6.22. The van der Waals surface area contributed by atoms with E-state index in [1.54, 1.807) is 34.5 Å². The number of aromatic nitrogens is 1. The number of nitrogens with one attached hydrogen (secondary N) is 1. The summed E-state index contributed by atoms with van der Waals surface area (Å²) in [6.45, 7) is 3.64. The molecular weight excluding hydrogens is 472 g/mol. The van der Waals surface area contributed by atoms with Crippen molar-refractivity contribution in [2.24, 2.45) is 0 Å². The number of hydrogen-bond acceptors (Lipinski definition) is 5. The van der Waals surface area contributed by atoms with Gasteiger partial charge in [-0.2, -0.15) is 0 Å². The maximum Gasteiger partial charge on any atom is 0.274 e. The molecule has 9 nitrogen and oxygen atoms in total. The van der Waals surface area contributed by atoms with Gasteiger partial charge in [0.1, 0.15) is 11.8 Å². The van der Waals surface area contributed by atoms with E-state index in [1.165, 1.54) is 5.56 Å². The van der Waals surface area contributed by atoms with Crippen molar-refractivity contribution in [3.05, 3.63) is 64.8 Å². The molecule has 1 fully saturated rings. The predicted octanol–water partition coefficient (Wildman–Crippen LogP) is 3.10. The number of carbonyl (C=O) groups is 3. The molecule has 1 aromatic heterocycles. The molecule has 3 amide bonds. The molecule has 0 aliphatic carbocycles. The first kappa shape index (κ1) is 24.8. The summed E-state index contributed by atoms with van der Waals surface area (Å²) in [5, 5.41) is 10.0. The van der Waals surface area contributed by atoms with Crippen molar-refractivity contribution in [1.29, 1.82) is 0 Å². The lowest BCUT2D eigenvalue weighted by molar-refractivity contribution is -0.157. The Labute approximate surface area is 215 Å². The van der Waals surface area contributed by atoms with Crippen molar-refractivity contribution in [3.8, 4) is 5.75 Å². The summed E-state index contributed by atoms with van der Waals surface area (Å²) in [4.78, 5) is 41.8. The molecule has 1 unspecified atom stereocenters. The fraction of sp³-hybridized carbons (Fsp3) is 0.393. The third-order valence-electron chi connectivity index (χ3n) is 7.49. The van der Waals surface area contributed by atoms with E-state index in [2.05, 4.69) is 4.57 Å². The highest BCUT2D eigenvalue weighted by atomic mass is 16.5. The number of hydrogen-bond donors (Lipinski definition) is 2. The summed E-state index contributed by atoms with van der Waals surface area (Å²) in [7, 11) is 1.65. The second kappa shape index (κ2) is 10.3. The SMILES string of the molecule is CCCN1CC(=O)N2Cc3c(c4cc(OC)ccc4n3Cc3ccc(C(=O)NO)cc3)CCCC2C1=O. The van der Waals surface area contributed by atoms with Crippen LogP contribution in [0, 0.1) is 0 Å². The fourth-order valence-corrected chi connectivity index (χ4v) is 5.65. The van der Waals surface area contributed by atoms with Crippen LogP contribution < -0.4 is 10.2 Å². The molecule has 37 heavy (non-hydrogen) atoms. The number of piperazine rings is 1. The number of methoxy groups -OCH3 is 1. The number of aryl methyl sites for hydroxylation is 1. The lowest BCUT2D eigenvalue weighted by Gasteiger charge is -2.41. The maximum absolute atomic E-state index is 13.3. The van der Waals surface area contributed by atoms with Crippen LogP contribution in [0.3, 0.4) is 0 Å². The lowest BCUT2D eigenvalue weighted by atomic mass is 9.95. The monoisotopic (exact) mass is 504 g/mol. The Hall–Kier alpha value is -3.85. The molecule has 2 N–H and O–H groups in total. The van der Waals surface area contributed by atoms with Gasteiger partial charge in [-0.3, -0.25) is 19.6 Å². The van der Waals surface area contributed by atoms with Crippen LogP contribution in [-0.2, 0) is 29.1 Å². The van der Waals surface area contributed by atoms with Gasteiger partial charge >= 0.3 is 0 Å². The van der Waals surface area contributed by atoms with Crippen molar-refractivity contribution in [2.45, 2.75) is 51.7 Å². The van der Waals surface area contributed by atoms with Gasteiger partial charge < -0.3 is 19.1 Å². The van der Waals surface area contributed by atoms with Crippen LogP contribution >= 0.6 is 0 Å². The first-order valence-electron chi connectivity index (χ1n) is 12.7. The van der Waals surface area contributed by atoms with Gasteiger partial charge in [0, 0.05) is 35.2 Å². The van der Waals surface area contributed by atoms with E-state index < -0.39 is 11.9 Å². The van der Waals surface area contributed by atoms with Gasteiger partial charge in [-0.1, -0.05) is 19.1 Å². The first-order valence-corrected chi connectivity index (χ1v) is 12.7. The van der Waals surface area contributed by atoms with E-state index in [1.807, 2.05) is 37.3 Å². The van der Waals surface area contributed by atoms with Crippen LogP contribution in [0.1, 0.15) is 53.4 Å². The van der Waals surface area contributed by atoms with Gasteiger partial charge in [-0.05, 0) is 67.1 Å². The minimum atomic E-state index is -0.563. The molecule has 5 rings (SSSR count). The molecule has 0 saturated carbocycles. The van der Waals surface area contributed by atoms with Crippen LogP contribution in [0.25, 0.3) is 10.9 Å². The number of hydroxylamine groups is 1. The molecule has 2 aliphatic heterocycles. The van der Waals surface area contributed by atoms with E-state index in [4.69, 9.17) is 9.94 Å². The van der Waals surface area contributed by atoms with E-state index in [9.17, 15) is 14.4 Å². The molecule has 9 heteroatoms. The van der Waals surface area contributed by atoms with E-state index in [0.717, 1.165) is 47.2 Å². The first-order chi connectivity index (χ1) is 17.9. The zero-order valence-corrected chi connectivity index (χ0v) is 21.2. The number of amides is 3. The second-order valence-corrected chi connectivity index (χ2v) is 9.72. The van der Waals surface area contributed by atoms with E-state index in [0.29, 0.717) is 31.6 Å². The van der Waals surface area contributed by atoms with Crippen molar-refractivity contribution in [3.63, 3.8) is 0 Å². The van der Waals surface area contributed by atoms with Crippen LogP contribution in [0.2, 0.25) is 0 Å². The molecule has 0 spiro atoms. The zero-order chi connectivity index (χ0) is 26.1. The Bertz CT molecular complexity index is 1350. The summed E-state index contributed by atoms with van der Waals surface area (Å²) >= 11 is 0. The zero-order valence-electron chi connectivity index (χ0n) is 21.2. The predicted molar refractivity (Wildman–Crippen MR) is 137 cm³/mol. The molecule has 194 valence electrons. The van der Waals surface area contributed by atoms with Gasteiger partial charge in [-0.25, -0.2) is 5.48 Å². The standard InChI is InChI=1S/C28H32N4O5/c1-3-13-30-17-26(33)32-16-25-21(5-4-6-24(32)28(30)35)22-14-20(37-2)11-12-23(22)31(25)15-18-7-9-19(10-8-18)27(34)29-36/h7-12,14,24,36H,3-6,13,15-17H2,1-2H3,(H,29,34). The number of fused-ring (bicyclic) bond motifs is 4. The van der Waals surface area contributed by atoms with Gasteiger partial charge in [0.15, 0.2) is 0 Å². The molecule has 1 atom stereocenters. The average Bonchev–Trinajstić information content (AvgIpc) is 3.17. The molecule has 0 radical (unpaired) electrons. The van der Waals surface area contributed by atoms with Crippen LogP contribution in [-0.4, -0.2) is 63.5 Å². The van der Waals surface area contributed by atoms with Crippen LogP contribution in [0.15, 0.2) is 42.5 Å². The summed E-state index contributed by atoms with van der Waals surface area (Å²) < 4.78 is 7.72. The third kappa shape index (κ3) is 4.55. The summed E-state index contributed by atoms with van der Waals surface area (Å²) in [5.74, 6) is 0.240. The fourth-order valence-electron chi connectivity index (χ4n) is 5.65. The average molecular weight is 505 g/mol. The number of carbonyl (C=O) groups excluding carboxylic acids is 3. The Morgan fingerprint density at radius 2 is 1.92 bits per heavy atom. The Balaban J connectivity index is 1.57. The molecule has 2 aliphatic rings. The molecular formula is C28H32N4O5. The van der Waals surface area contributed by atoms with Crippen molar-refractivity contribution < 1.29 is 24.3 Å². The molecule has 2 aromatic carbocycles. The number of rotatable bonds is 6. The third-order valence-corrected chi connectivity index (χ3v) is 7.49. The van der Waals surface area contributed by atoms with E-state index in [-0.39, 0.29) is 18.4 Å². The minimum Gasteiger partial charge on any atom is -0.497 e. The smallest absolute Gasteiger partial charge is 0.274 e.